The number of aromatic amines is 1. The van der Waals surface area contributed by atoms with E-state index in [1.807, 2.05) is 23.6 Å². The van der Waals surface area contributed by atoms with Crippen molar-refractivity contribution in [2.75, 3.05) is 6.54 Å². The van der Waals surface area contributed by atoms with E-state index in [9.17, 15) is 4.79 Å². The Morgan fingerprint density at radius 2 is 2.50 bits per heavy atom. The monoisotopic (exact) mass is 262 g/mol. The molecule has 2 heterocycles. The van der Waals surface area contributed by atoms with Crippen LogP contribution in [0.25, 0.3) is 6.08 Å². The Balaban J connectivity index is 1.63. The lowest BCUT2D eigenvalue weighted by molar-refractivity contribution is -0.116. The fraction of sp³-hybridized carbons (Fsp3) is 0.250. The molecule has 0 bridgehead atoms. The van der Waals surface area contributed by atoms with Gasteiger partial charge >= 0.3 is 0 Å². The molecule has 6 heteroatoms. The minimum Gasteiger partial charge on any atom is -0.353 e. The number of aromatic nitrogens is 3. The molecule has 2 aromatic heterocycles. The number of aryl methyl sites for hydroxylation is 1. The van der Waals surface area contributed by atoms with E-state index in [4.69, 9.17) is 0 Å². The van der Waals surface area contributed by atoms with E-state index in [0.717, 1.165) is 23.5 Å². The van der Waals surface area contributed by atoms with Crippen molar-refractivity contribution in [1.29, 1.82) is 0 Å². The molecule has 0 fully saturated rings. The summed E-state index contributed by atoms with van der Waals surface area (Å²) in [7, 11) is 0. The Morgan fingerprint density at radius 3 is 3.22 bits per heavy atom. The summed E-state index contributed by atoms with van der Waals surface area (Å²) in [6, 6.07) is 3.93. The van der Waals surface area contributed by atoms with Crippen LogP contribution in [-0.4, -0.2) is 27.6 Å². The van der Waals surface area contributed by atoms with Gasteiger partial charge in [-0.15, -0.1) is 11.3 Å². The van der Waals surface area contributed by atoms with Gasteiger partial charge in [0.15, 0.2) is 0 Å². The van der Waals surface area contributed by atoms with Crippen molar-refractivity contribution in [3.8, 4) is 0 Å². The molecule has 0 aliphatic rings. The van der Waals surface area contributed by atoms with Crippen LogP contribution in [-0.2, 0) is 11.2 Å². The number of carbonyl (C=O) groups excluding carboxylic acids is 1. The molecular formula is C12H14N4OS. The highest BCUT2D eigenvalue weighted by Gasteiger charge is 1.97. The Morgan fingerprint density at radius 1 is 1.56 bits per heavy atom. The van der Waals surface area contributed by atoms with Crippen molar-refractivity contribution >= 4 is 23.3 Å². The van der Waals surface area contributed by atoms with E-state index < -0.39 is 0 Å². The standard InChI is InChI=1S/C12H14N4OS/c17-12(6-5-10-3-2-8-18-10)13-7-1-4-11-14-9-15-16-11/h2-3,5-6,8-9H,1,4,7H2,(H,13,17)(H,14,15,16). The van der Waals surface area contributed by atoms with Gasteiger partial charge in [0.25, 0.3) is 0 Å². The van der Waals surface area contributed by atoms with E-state index in [1.54, 1.807) is 17.4 Å². The summed E-state index contributed by atoms with van der Waals surface area (Å²) in [5.41, 5.74) is 0. The van der Waals surface area contributed by atoms with E-state index >= 15 is 0 Å². The molecule has 2 aromatic rings. The lowest BCUT2D eigenvalue weighted by Gasteiger charge is -2.00. The quantitative estimate of drug-likeness (QED) is 0.614. The van der Waals surface area contributed by atoms with Gasteiger partial charge < -0.3 is 5.32 Å². The molecule has 0 radical (unpaired) electrons. The summed E-state index contributed by atoms with van der Waals surface area (Å²) in [6.45, 7) is 0.633. The lowest BCUT2D eigenvalue weighted by Crippen LogP contribution is -2.22. The van der Waals surface area contributed by atoms with Crippen LogP contribution in [0.2, 0.25) is 0 Å². The molecule has 0 aliphatic carbocycles. The highest BCUT2D eigenvalue weighted by Crippen LogP contribution is 2.09. The number of nitrogens with one attached hydrogen (secondary N) is 2. The van der Waals surface area contributed by atoms with Gasteiger partial charge in [-0.3, -0.25) is 9.89 Å². The second-order valence-corrected chi connectivity index (χ2v) is 4.65. The third-order valence-corrected chi connectivity index (χ3v) is 3.13. The molecule has 1 amide bonds. The first-order valence-electron chi connectivity index (χ1n) is 5.68. The number of hydrogen-bond acceptors (Lipinski definition) is 4. The van der Waals surface area contributed by atoms with Crippen LogP contribution in [0.5, 0.6) is 0 Å². The van der Waals surface area contributed by atoms with Gasteiger partial charge in [0.2, 0.25) is 5.91 Å². The second kappa shape index (κ2) is 6.70. The predicted molar refractivity (Wildman–Crippen MR) is 71.1 cm³/mol. The van der Waals surface area contributed by atoms with Crippen LogP contribution in [0.4, 0.5) is 0 Å². The van der Waals surface area contributed by atoms with Crippen molar-refractivity contribution in [3.05, 3.63) is 40.6 Å². The SMILES string of the molecule is O=C(C=Cc1cccs1)NCCCc1ncn[nH]1. The van der Waals surface area contributed by atoms with Gasteiger partial charge in [-0.25, -0.2) is 4.98 Å². The first-order chi connectivity index (χ1) is 8.84. The molecule has 0 atom stereocenters. The number of rotatable bonds is 6. The van der Waals surface area contributed by atoms with Crippen molar-refractivity contribution < 1.29 is 4.79 Å². The number of nitrogens with zero attached hydrogens (tertiary/aromatic N) is 2. The fourth-order valence-corrected chi connectivity index (χ4v) is 2.04. The summed E-state index contributed by atoms with van der Waals surface area (Å²) in [6.07, 6.45) is 6.48. The van der Waals surface area contributed by atoms with Crippen LogP contribution >= 0.6 is 11.3 Å². The number of hydrogen-bond donors (Lipinski definition) is 2. The van der Waals surface area contributed by atoms with Crippen LogP contribution in [0.15, 0.2) is 29.9 Å². The lowest BCUT2D eigenvalue weighted by atomic mass is 10.3. The minimum atomic E-state index is -0.0685. The maximum absolute atomic E-state index is 11.5. The molecule has 2 N–H and O–H groups in total. The van der Waals surface area contributed by atoms with Crippen LogP contribution in [0.3, 0.4) is 0 Å². The third-order valence-electron chi connectivity index (χ3n) is 2.30. The Kier molecular flexibility index (Phi) is 4.66. The predicted octanol–water partition coefficient (Wildman–Crippen LogP) is 1.63. The zero-order chi connectivity index (χ0) is 12.6. The normalized spacial score (nSPS) is 10.9. The molecule has 0 unspecified atom stereocenters. The van der Waals surface area contributed by atoms with Gasteiger partial charge in [-0.1, -0.05) is 6.07 Å². The smallest absolute Gasteiger partial charge is 0.244 e. The molecule has 94 valence electrons. The van der Waals surface area contributed by atoms with Crippen LogP contribution in [0, 0.1) is 0 Å². The van der Waals surface area contributed by atoms with Gasteiger partial charge in [0.1, 0.15) is 12.2 Å². The largest absolute Gasteiger partial charge is 0.353 e. The van der Waals surface area contributed by atoms with E-state index in [-0.39, 0.29) is 5.91 Å². The number of amides is 1. The van der Waals surface area contributed by atoms with Gasteiger partial charge in [-0.2, -0.15) is 5.10 Å². The zero-order valence-electron chi connectivity index (χ0n) is 9.80. The maximum atomic E-state index is 11.5. The molecule has 0 aromatic carbocycles. The Labute approximate surface area is 109 Å². The maximum Gasteiger partial charge on any atom is 0.244 e. The molecule has 0 aliphatic heterocycles. The highest BCUT2D eigenvalue weighted by molar-refractivity contribution is 7.10. The van der Waals surface area contributed by atoms with Crippen molar-refractivity contribution in [2.24, 2.45) is 0 Å². The van der Waals surface area contributed by atoms with Crippen LogP contribution in [0.1, 0.15) is 17.1 Å². The molecule has 5 nitrogen and oxygen atoms in total. The highest BCUT2D eigenvalue weighted by atomic mass is 32.1. The molecular weight excluding hydrogens is 248 g/mol. The molecule has 0 saturated carbocycles. The fourth-order valence-electron chi connectivity index (χ4n) is 1.42. The molecule has 2 rings (SSSR count). The zero-order valence-corrected chi connectivity index (χ0v) is 10.6. The summed E-state index contributed by atoms with van der Waals surface area (Å²) in [4.78, 5) is 16.6. The molecule has 0 saturated heterocycles. The van der Waals surface area contributed by atoms with Gasteiger partial charge in [0.05, 0.1) is 0 Å². The summed E-state index contributed by atoms with van der Waals surface area (Å²) >= 11 is 1.61. The summed E-state index contributed by atoms with van der Waals surface area (Å²) in [5.74, 6) is 0.777. The number of H-pyrrole nitrogens is 1. The van der Waals surface area contributed by atoms with Crippen molar-refractivity contribution in [2.45, 2.75) is 12.8 Å². The van der Waals surface area contributed by atoms with Crippen molar-refractivity contribution in [1.82, 2.24) is 20.5 Å². The van der Waals surface area contributed by atoms with Crippen LogP contribution < -0.4 is 5.32 Å². The first-order valence-corrected chi connectivity index (χ1v) is 6.56. The average Bonchev–Trinajstić information content (AvgIpc) is 3.04. The molecule has 18 heavy (non-hydrogen) atoms. The number of carbonyl (C=O) groups is 1. The van der Waals surface area contributed by atoms with Gasteiger partial charge in [-0.05, 0) is 23.9 Å². The van der Waals surface area contributed by atoms with Crippen molar-refractivity contribution in [3.63, 3.8) is 0 Å². The first kappa shape index (κ1) is 12.5. The van der Waals surface area contributed by atoms with E-state index in [1.165, 1.54) is 6.33 Å². The summed E-state index contributed by atoms with van der Waals surface area (Å²) < 4.78 is 0. The minimum absolute atomic E-state index is 0.0685. The Bertz CT molecular complexity index is 490. The number of thiophene rings is 1. The third kappa shape index (κ3) is 4.14. The van der Waals surface area contributed by atoms with E-state index in [2.05, 4.69) is 20.5 Å². The topological polar surface area (TPSA) is 70.7 Å². The van der Waals surface area contributed by atoms with E-state index in [0.29, 0.717) is 6.54 Å². The Hall–Kier alpha value is -1.95. The van der Waals surface area contributed by atoms with Gasteiger partial charge in [0, 0.05) is 23.9 Å². The average molecular weight is 262 g/mol. The second-order valence-electron chi connectivity index (χ2n) is 3.68. The molecule has 0 spiro atoms. The summed E-state index contributed by atoms with van der Waals surface area (Å²) in [5, 5.41) is 11.3.